The van der Waals surface area contributed by atoms with E-state index in [-0.39, 0.29) is 6.04 Å². The average Bonchev–Trinajstić information content (AvgIpc) is 2.65. The molecule has 0 fully saturated rings. The molecule has 1 aromatic heterocycles. The lowest BCUT2D eigenvalue weighted by Crippen LogP contribution is -2.04. The van der Waals surface area contributed by atoms with Gasteiger partial charge < -0.3 is 5.73 Å². The fourth-order valence-electron chi connectivity index (χ4n) is 1.43. The van der Waals surface area contributed by atoms with Crippen LogP contribution >= 0.6 is 11.8 Å². The van der Waals surface area contributed by atoms with E-state index in [0.29, 0.717) is 0 Å². The second kappa shape index (κ2) is 4.72. The molecule has 2 rings (SSSR count). The van der Waals surface area contributed by atoms with Crippen LogP contribution in [0.25, 0.3) is 0 Å². The molecule has 1 aromatic carbocycles. The fraction of sp³-hybridized carbons (Fsp3) is 0.250. The van der Waals surface area contributed by atoms with Crippen LogP contribution in [0.4, 0.5) is 0 Å². The minimum absolute atomic E-state index is 0.0949. The van der Waals surface area contributed by atoms with Crippen molar-refractivity contribution < 1.29 is 0 Å². The summed E-state index contributed by atoms with van der Waals surface area (Å²) >= 11 is 1.70. The van der Waals surface area contributed by atoms with E-state index in [9.17, 15) is 0 Å². The molecule has 0 unspecified atom stereocenters. The number of hydrogen-bond acceptors (Lipinski definition) is 3. The molecule has 1 heterocycles. The van der Waals surface area contributed by atoms with Crippen molar-refractivity contribution in [1.82, 2.24) is 9.78 Å². The van der Waals surface area contributed by atoms with Crippen molar-refractivity contribution in [3.05, 3.63) is 42.2 Å². The Morgan fingerprint density at radius 2 is 1.94 bits per heavy atom. The zero-order valence-electron chi connectivity index (χ0n) is 9.42. The maximum Gasteiger partial charge on any atom is 0.0629 e. The Morgan fingerprint density at radius 1 is 1.25 bits per heavy atom. The molecule has 2 aromatic rings. The van der Waals surface area contributed by atoms with Gasteiger partial charge in [-0.2, -0.15) is 5.10 Å². The number of nitrogens with two attached hydrogens (primary N) is 1. The van der Waals surface area contributed by atoms with Gasteiger partial charge in [-0.25, -0.2) is 0 Å². The lowest BCUT2D eigenvalue weighted by atomic mass is 10.1. The van der Waals surface area contributed by atoms with E-state index in [2.05, 4.69) is 29.4 Å². The van der Waals surface area contributed by atoms with Crippen LogP contribution in [0.1, 0.15) is 18.5 Å². The van der Waals surface area contributed by atoms with Crippen LogP contribution in [-0.2, 0) is 7.05 Å². The van der Waals surface area contributed by atoms with Crippen LogP contribution in [0.15, 0.2) is 46.5 Å². The van der Waals surface area contributed by atoms with Crippen LogP contribution in [-0.4, -0.2) is 9.78 Å². The third kappa shape index (κ3) is 2.65. The average molecular weight is 233 g/mol. The van der Waals surface area contributed by atoms with Gasteiger partial charge in [0.2, 0.25) is 0 Å². The van der Waals surface area contributed by atoms with Crippen LogP contribution in [0.3, 0.4) is 0 Å². The number of aromatic nitrogens is 2. The van der Waals surface area contributed by atoms with Gasteiger partial charge >= 0.3 is 0 Å². The first kappa shape index (κ1) is 11.2. The standard InChI is InChI=1S/C12H15N3S/c1-9(13)10-3-5-11(6-4-10)16-12-7-14-15(2)8-12/h3-9H,13H2,1-2H3/t9-/m1/s1. The van der Waals surface area contributed by atoms with Gasteiger partial charge in [0.25, 0.3) is 0 Å². The molecule has 0 aliphatic heterocycles. The lowest BCUT2D eigenvalue weighted by Gasteiger charge is -2.05. The van der Waals surface area contributed by atoms with E-state index in [4.69, 9.17) is 5.73 Å². The van der Waals surface area contributed by atoms with E-state index in [1.54, 1.807) is 16.4 Å². The molecule has 4 heteroatoms. The molecule has 3 nitrogen and oxygen atoms in total. The number of benzene rings is 1. The van der Waals surface area contributed by atoms with Crippen LogP contribution in [0.5, 0.6) is 0 Å². The highest BCUT2D eigenvalue weighted by atomic mass is 32.2. The van der Waals surface area contributed by atoms with Crippen molar-refractivity contribution in [3.8, 4) is 0 Å². The van der Waals surface area contributed by atoms with Gasteiger partial charge in [0.1, 0.15) is 0 Å². The predicted molar refractivity (Wildman–Crippen MR) is 66.4 cm³/mol. The van der Waals surface area contributed by atoms with Crippen molar-refractivity contribution in [3.63, 3.8) is 0 Å². The highest BCUT2D eigenvalue weighted by Crippen LogP contribution is 2.27. The number of nitrogens with zero attached hydrogens (tertiary/aromatic N) is 2. The molecule has 0 bridgehead atoms. The summed E-state index contributed by atoms with van der Waals surface area (Å²) in [6.45, 7) is 1.99. The third-order valence-corrected chi connectivity index (χ3v) is 3.28. The summed E-state index contributed by atoms with van der Waals surface area (Å²) in [5.74, 6) is 0. The van der Waals surface area contributed by atoms with Crippen LogP contribution in [0, 0.1) is 0 Å². The zero-order chi connectivity index (χ0) is 11.5. The Hall–Kier alpha value is -1.26. The second-order valence-corrected chi connectivity index (χ2v) is 4.96. The van der Waals surface area contributed by atoms with Gasteiger partial charge in [-0.3, -0.25) is 4.68 Å². The molecule has 0 aliphatic carbocycles. The molecule has 0 spiro atoms. The SMILES string of the molecule is C[C@@H](N)c1ccc(Sc2cnn(C)c2)cc1. The van der Waals surface area contributed by atoms with Crippen molar-refractivity contribution in [2.45, 2.75) is 22.8 Å². The number of hydrogen-bond donors (Lipinski definition) is 1. The van der Waals surface area contributed by atoms with Gasteiger partial charge in [0.05, 0.1) is 11.1 Å². The monoisotopic (exact) mass is 233 g/mol. The highest BCUT2D eigenvalue weighted by Gasteiger charge is 2.02. The minimum Gasteiger partial charge on any atom is -0.324 e. The first-order chi connectivity index (χ1) is 7.65. The molecular formula is C12H15N3S. The zero-order valence-corrected chi connectivity index (χ0v) is 10.2. The van der Waals surface area contributed by atoms with Gasteiger partial charge in [-0.15, -0.1) is 0 Å². The van der Waals surface area contributed by atoms with E-state index in [0.717, 1.165) is 10.5 Å². The van der Waals surface area contributed by atoms with E-state index in [1.165, 1.54) is 4.90 Å². The molecule has 0 saturated carbocycles. The Morgan fingerprint density at radius 3 is 2.44 bits per heavy atom. The third-order valence-electron chi connectivity index (χ3n) is 2.32. The fourth-order valence-corrected chi connectivity index (χ4v) is 2.28. The van der Waals surface area contributed by atoms with Crippen LogP contribution < -0.4 is 5.73 Å². The molecular weight excluding hydrogens is 218 g/mol. The van der Waals surface area contributed by atoms with E-state index in [1.807, 2.05) is 26.4 Å². The summed E-state index contributed by atoms with van der Waals surface area (Å²) in [5.41, 5.74) is 6.96. The van der Waals surface area contributed by atoms with Gasteiger partial charge in [0, 0.05) is 24.2 Å². The summed E-state index contributed by atoms with van der Waals surface area (Å²) in [6.07, 6.45) is 3.87. The summed E-state index contributed by atoms with van der Waals surface area (Å²) < 4.78 is 1.80. The smallest absolute Gasteiger partial charge is 0.0629 e. The van der Waals surface area contributed by atoms with Crippen molar-refractivity contribution in [1.29, 1.82) is 0 Å². The van der Waals surface area contributed by atoms with E-state index < -0.39 is 0 Å². The molecule has 2 N–H and O–H groups in total. The second-order valence-electron chi connectivity index (χ2n) is 3.81. The topological polar surface area (TPSA) is 43.8 Å². The van der Waals surface area contributed by atoms with Gasteiger partial charge in [-0.1, -0.05) is 23.9 Å². The molecule has 84 valence electrons. The normalized spacial score (nSPS) is 12.7. The minimum atomic E-state index is 0.0949. The van der Waals surface area contributed by atoms with E-state index >= 15 is 0 Å². The highest BCUT2D eigenvalue weighted by molar-refractivity contribution is 7.99. The van der Waals surface area contributed by atoms with Gasteiger partial charge in [-0.05, 0) is 24.6 Å². The molecule has 0 radical (unpaired) electrons. The first-order valence-corrected chi connectivity index (χ1v) is 5.99. The molecule has 1 atom stereocenters. The van der Waals surface area contributed by atoms with Crippen LogP contribution in [0.2, 0.25) is 0 Å². The maximum absolute atomic E-state index is 5.80. The number of aryl methyl sites for hydroxylation is 1. The van der Waals surface area contributed by atoms with Crippen molar-refractivity contribution >= 4 is 11.8 Å². The summed E-state index contributed by atoms with van der Waals surface area (Å²) in [4.78, 5) is 2.36. The summed E-state index contributed by atoms with van der Waals surface area (Å²) in [5, 5.41) is 4.13. The molecule has 0 aliphatic rings. The molecule has 16 heavy (non-hydrogen) atoms. The van der Waals surface area contributed by atoms with Gasteiger partial charge in [0.15, 0.2) is 0 Å². The Kier molecular flexibility index (Phi) is 3.31. The number of rotatable bonds is 3. The maximum atomic E-state index is 5.80. The Bertz CT molecular complexity index is 459. The largest absolute Gasteiger partial charge is 0.324 e. The van der Waals surface area contributed by atoms with Crippen molar-refractivity contribution in [2.24, 2.45) is 12.8 Å². The predicted octanol–water partition coefficient (Wildman–Crippen LogP) is 2.59. The first-order valence-electron chi connectivity index (χ1n) is 5.17. The van der Waals surface area contributed by atoms with Crippen molar-refractivity contribution in [2.75, 3.05) is 0 Å². The summed E-state index contributed by atoms with van der Waals surface area (Å²) in [7, 11) is 1.92. The summed E-state index contributed by atoms with van der Waals surface area (Å²) in [6, 6.07) is 8.43. The molecule has 0 saturated heterocycles. The molecule has 0 amide bonds. The Balaban J connectivity index is 2.11. The lowest BCUT2D eigenvalue weighted by molar-refractivity contribution is 0.766. The quantitative estimate of drug-likeness (QED) is 0.886. The Labute approximate surface area is 99.7 Å².